The molecule has 144 valence electrons. The Morgan fingerprint density at radius 1 is 1.04 bits per heavy atom. The molecule has 2 unspecified atom stereocenters. The average Bonchev–Trinajstić information content (AvgIpc) is 2.71. The van der Waals surface area contributed by atoms with Crippen LogP contribution in [0.3, 0.4) is 0 Å². The molecule has 0 aromatic heterocycles. The summed E-state index contributed by atoms with van der Waals surface area (Å²) in [7, 11) is 3.08. The van der Waals surface area contributed by atoms with Crippen molar-refractivity contribution in [2.45, 2.75) is 26.3 Å². The molecule has 0 saturated heterocycles. The minimum absolute atomic E-state index is 0.0470. The first-order chi connectivity index (χ1) is 13.0. The number of methoxy groups -OCH3 is 2. The molecule has 0 heterocycles. The number of nitrogens with one attached hydrogen (secondary N) is 2. The summed E-state index contributed by atoms with van der Waals surface area (Å²) < 4.78 is 10.5. The van der Waals surface area contributed by atoms with Crippen molar-refractivity contribution in [3.8, 4) is 11.5 Å². The van der Waals surface area contributed by atoms with Crippen LogP contribution < -0.4 is 20.1 Å². The summed E-state index contributed by atoms with van der Waals surface area (Å²) in [5, 5.41) is 5.70. The van der Waals surface area contributed by atoms with Crippen LogP contribution in [0.5, 0.6) is 11.5 Å². The first-order valence-corrected chi connectivity index (χ1v) is 8.89. The van der Waals surface area contributed by atoms with E-state index in [0.717, 1.165) is 6.42 Å². The van der Waals surface area contributed by atoms with Crippen molar-refractivity contribution in [1.29, 1.82) is 0 Å². The molecule has 6 nitrogen and oxygen atoms in total. The highest BCUT2D eigenvalue weighted by atomic mass is 16.5. The molecule has 0 spiro atoms. The quantitative estimate of drug-likeness (QED) is 0.746. The highest BCUT2D eigenvalue weighted by Crippen LogP contribution is 2.29. The third-order valence-corrected chi connectivity index (χ3v) is 4.48. The molecule has 2 N–H and O–H groups in total. The van der Waals surface area contributed by atoms with Gasteiger partial charge in [0.05, 0.1) is 19.9 Å². The van der Waals surface area contributed by atoms with Gasteiger partial charge in [-0.2, -0.15) is 0 Å². The molecule has 0 aliphatic rings. The monoisotopic (exact) mass is 370 g/mol. The molecule has 2 rings (SSSR count). The van der Waals surface area contributed by atoms with Gasteiger partial charge in [-0.15, -0.1) is 0 Å². The largest absolute Gasteiger partial charge is 0.497 e. The zero-order chi connectivity index (χ0) is 19.8. The molecule has 6 heteroatoms. The van der Waals surface area contributed by atoms with Crippen molar-refractivity contribution in [3.05, 3.63) is 54.1 Å². The SMILES string of the molecule is CCC(C)C(NC(=O)c1ccccc1)C(=O)Nc1cc(OC)ccc1OC. The fourth-order valence-electron chi connectivity index (χ4n) is 2.64. The van der Waals surface area contributed by atoms with Crippen LogP contribution in [0.2, 0.25) is 0 Å². The highest BCUT2D eigenvalue weighted by Gasteiger charge is 2.27. The minimum Gasteiger partial charge on any atom is -0.497 e. The van der Waals surface area contributed by atoms with Crippen molar-refractivity contribution < 1.29 is 19.1 Å². The molecule has 27 heavy (non-hydrogen) atoms. The molecule has 2 atom stereocenters. The van der Waals surface area contributed by atoms with Gasteiger partial charge in [-0.3, -0.25) is 9.59 Å². The molecule has 2 aromatic carbocycles. The zero-order valence-corrected chi connectivity index (χ0v) is 16.1. The molecule has 2 amide bonds. The summed E-state index contributed by atoms with van der Waals surface area (Å²) in [6.07, 6.45) is 0.738. The van der Waals surface area contributed by atoms with Crippen molar-refractivity contribution in [1.82, 2.24) is 5.32 Å². The second kappa shape index (κ2) is 9.62. The summed E-state index contributed by atoms with van der Waals surface area (Å²) in [5.74, 6) is 0.476. The van der Waals surface area contributed by atoms with Gasteiger partial charge >= 0.3 is 0 Å². The number of carbonyl (C=O) groups excluding carboxylic acids is 2. The van der Waals surface area contributed by atoms with Crippen molar-refractivity contribution in [2.24, 2.45) is 5.92 Å². The third-order valence-electron chi connectivity index (χ3n) is 4.48. The molecule has 0 saturated carbocycles. The summed E-state index contributed by atoms with van der Waals surface area (Å²) in [5.41, 5.74) is 1.00. The van der Waals surface area contributed by atoms with Crippen LogP contribution in [0.4, 0.5) is 5.69 Å². The molecular formula is C21H26N2O4. The maximum atomic E-state index is 12.9. The van der Waals surface area contributed by atoms with E-state index in [0.29, 0.717) is 22.7 Å². The van der Waals surface area contributed by atoms with E-state index in [1.807, 2.05) is 19.9 Å². The molecule has 0 radical (unpaired) electrons. The Hall–Kier alpha value is -3.02. The molecule has 2 aromatic rings. The summed E-state index contributed by atoms with van der Waals surface area (Å²) in [4.78, 5) is 25.4. The normalized spacial score (nSPS) is 12.6. The van der Waals surface area contributed by atoms with Gasteiger partial charge in [0.2, 0.25) is 5.91 Å². The first kappa shape index (κ1) is 20.3. The van der Waals surface area contributed by atoms with E-state index in [9.17, 15) is 9.59 Å². The van der Waals surface area contributed by atoms with E-state index in [-0.39, 0.29) is 17.7 Å². The van der Waals surface area contributed by atoms with Gasteiger partial charge in [-0.25, -0.2) is 0 Å². The fraction of sp³-hybridized carbons (Fsp3) is 0.333. The number of anilines is 1. The third kappa shape index (κ3) is 5.23. The van der Waals surface area contributed by atoms with E-state index in [1.165, 1.54) is 7.11 Å². The summed E-state index contributed by atoms with van der Waals surface area (Å²) in [6.45, 7) is 3.91. The van der Waals surface area contributed by atoms with Gasteiger partial charge in [-0.1, -0.05) is 38.5 Å². The van der Waals surface area contributed by atoms with Crippen LogP contribution in [-0.4, -0.2) is 32.1 Å². The van der Waals surface area contributed by atoms with E-state index in [2.05, 4.69) is 10.6 Å². The maximum Gasteiger partial charge on any atom is 0.251 e. The lowest BCUT2D eigenvalue weighted by Crippen LogP contribution is -2.47. The van der Waals surface area contributed by atoms with Gasteiger partial charge in [0.1, 0.15) is 17.5 Å². The van der Waals surface area contributed by atoms with Gasteiger partial charge in [-0.05, 0) is 30.2 Å². The molecule has 0 aliphatic heterocycles. The number of hydrogen-bond acceptors (Lipinski definition) is 4. The number of benzene rings is 2. The Morgan fingerprint density at radius 2 is 1.74 bits per heavy atom. The lowest BCUT2D eigenvalue weighted by molar-refractivity contribution is -0.119. The lowest BCUT2D eigenvalue weighted by Gasteiger charge is -2.24. The predicted octanol–water partition coefficient (Wildman–Crippen LogP) is 3.49. The lowest BCUT2D eigenvalue weighted by atomic mass is 9.97. The van der Waals surface area contributed by atoms with Gasteiger partial charge in [0, 0.05) is 11.6 Å². The van der Waals surface area contributed by atoms with Crippen molar-refractivity contribution in [2.75, 3.05) is 19.5 Å². The molecule has 0 aliphatic carbocycles. The smallest absolute Gasteiger partial charge is 0.251 e. The van der Waals surface area contributed by atoms with Crippen LogP contribution in [0.15, 0.2) is 48.5 Å². The van der Waals surface area contributed by atoms with E-state index in [1.54, 1.807) is 49.6 Å². The van der Waals surface area contributed by atoms with Crippen LogP contribution in [0.1, 0.15) is 30.6 Å². The van der Waals surface area contributed by atoms with E-state index < -0.39 is 6.04 Å². The van der Waals surface area contributed by atoms with Gasteiger partial charge in [0.15, 0.2) is 0 Å². The van der Waals surface area contributed by atoms with Gasteiger partial charge < -0.3 is 20.1 Å². The second-order valence-electron chi connectivity index (χ2n) is 6.26. The average molecular weight is 370 g/mol. The topological polar surface area (TPSA) is 76.7 Å². The van der Waals surface area contributed by atoms with Crippen LogP contribution in [0, 0.1) is 5.92 Å². The Kier molecular flexibility index (Phi) is 7.23. The Balaban J connectivity index is 2.21. The van der Waals surface area contributed by atoms with E-state index in [4.69, 9.17) is 9.47 Å². The highest BCUT2D eigenvalue weighted by molar-refractivity contribution is 6.01. The van der Waals surface area contributed by atoms with Crippen LogP contribution in [-0.2, 0) is 4.79 Å². The number of carbonyl (C=O) groups is 2. The van der Waals surface area contributed by atoms with Gasteiger partial charge in [0.25, 0.3) is 5.91 Å². The van der Waals surface area contributed by atoms with Crippen molar-refractivity contribution in [3.63, 3.8) is 0 Å². The molecule has 0 fully saturated rings. The van der Waals surface area contributed by atoms with Crippen molar-refractivity contribution >= 4 is 17.5 Å². The predicted molar refractivity (Wildman–Crippen MR) is 105 cm³/mol. The van der Waals surface area contributed by atoms with E-state index >= 15 is 0 Å². The second-order valence-corrected chi connectivity index (χ2v) is 6.26. The minimum atomic E-state index is -0.682. The number of rotatable bonds is 8. The van der Waals surface area contributed by atoms with Crippen LogP contribution >= 0.6 is 0 Å². The standard InChI is InChI=1S/C21H26N2O4/c1-5-14(2)19(23-20(24)15-9-7-6-8-10-15)21(25)22-17-13-16(26-3)11-12-18(17)27-4/h6-14,19H,5H2,1-4H3,(H,22,25)(H,23,24). The molecule has 0 bridgehead atoms. The zero-order valence-electron chi connectivity index (χ0n) is 16.1. The Labute approximate surface area is 159 Å². The first-order valence-electron chi connectivity index (χ1n) is 8.89. The number of hydrogen-bond donors (Lipinski definition) is 2. The summed E-state index contributed by atoms with van der Waals surface area (Å²) in [6, 6.07) is 13.3. The Morgan fingerprint density at radius 3 is 2.33 bits per heavy atom. The summed E-state index contributed by atoms with van der Waals surface area (Å²) >= 11 is 0. The van der Waals surface area contributed by atoms with Crippen LogP contribution in [0.25, 0.3) is 0 Å². The number of ether oxygens (including phenoxy) is 2. The fourth-order valence-corrected chi connectivity index (χ4v) is 2.64. The number of amides is 2. The molecular weight excluding hydrogens is 344 g/mol. The maximum absolute atomic E-state index is 12.9. The Bertz CT molecular complexity index is 777.